The number of oxime groups is 1. The quantitative estimate of drug-likeness (QED) is 0.656. The molecule has 4 nitrogen and oxygen atoms in total. The van der Waals surface area contributed by atoms with Gasteiger partial charge in [-0.1, -0.05) is 40.5 Å². The monoisotopic (exact) mass is 457 g/mol. The van der Waals surface area contributed by atoms with Gasteiger partial charge in [0.1, 0.15) is 0 Å². The second-order valence-corrected chi connectivity index (χ2v) is 8.79. The molecule has 30 heavy (non-hydrogen) atoms. The van der Waals surface area contributed by atoms with Gasteiger partial charge >= 0.3 is 13.3 Å². The Morgan fingerprint density at radius 2 is 1.77 bits per heavy atom. The van der Waals surface area contributed by atoms with Crippen molar-refractivity contribution in [3.05, 3.63) is 62.6 Å². The Morgan fingerprint density at radius 3 is 2.37 bits per heavy atom. The molecule has 2 aromatic rings. The van der Waals surface area contributed by atoms with E-state index in [0.717, 1.165) is 0 Å². The molecular weight excluding hydrogens is 441 g/mol. The SMILES string of the molecule is Cc1c(Cl)cc(C2(C(F)(F)F)CC(c3ccc4c(c3)C(C)(C)OB4O)=NO2)cc1Cl. The Morgan fingerprint density at radius 1 is 1.13 bits per heavy atom. The van der Waals surface area contributed by atoms with E-state index in [4.69, 9.17) is 32.7 Å². The first kappa shape index (κ1) is 21.5. The number of rotatable bonds is 2. The van der Waals surface area contributed by atoms with E-state index in [0.29, 0.717) is 22.2 Å². The van der Waals surface area contributed by atoms with Gasteiger partial charge in [-0.15, -0.1) is 0 Å². The highest BCUT2D eigenvalue weighted by atomic mass is 35.5. The summed E-state index contributed by atoms with van der Waals surface area (Å²) in [5, 5.41) is 14.0. The molecule has 1 atom stereocenters. The molecule has 0 amide bonds. The van der Waals surface area contributed by atoms with E-state index in [1.165, 1.54) is 12.1 Å². The molecule has 10 heteroatoms. The maximum Gasteiger partial charge on any atom is 0.492 e. The van der Waals surface area contributed by atoms with Crippen LogP contribution in [0.3, 0.4) is 0 Å². The van der Waals surface area contributed by atoms with Crippen LogP contribution >= 0.6 is 23.2 Å². The van der Waals surface area contributed by atoms with E-state index in [1.807, 2.05) is 0 Å². The molecule has 0 aromatic heterocycles. The summed E-state index contributed by atoms with van der Waals surface area (Å²) in [6.07, 6.45) is -5.32. The molecule has 2 aromatic carbocycles. The predicted octanol–water partition coefficient (Wildman–Crippen LogP) is 4.84. The second kappa shape index (κ2) is 6.89. The maximum atomic E-state index is 14.2. The largest absolute Gasteiger partial charge is 0.492 e. The number of halogens is 5. The summed E-state index contributed by atoms with van der Waals surface area (Å²) in [6.45, 7) is 5.17. The number of nitrogens with zero attached hydrogens (tertiary/aromatic N) is 1. The third-order valence-corrected chi connectivity index (χ3v) is 6.43. The summed E-state index contributed by atoms with van der Waals surface area (Å²) in [7, 11) is -1.09. The molecule has 0 saturated heterocycles. The van der Waals surface area contributed by atoms with Crippen LogP contribution in [0.2, 0.25) is 10.0 Å². The number of hydrogen-bond donors (Lipinski definition) is 1. The fourth-order valence-corrected chi connectivity index (χ4v) is 4.30. The van der Waals surface area contributed by atoms with Crippen LogP contribution in [0.1, 0.15) is 42.5 Å². The van der Waals surface area contributed by atoms with Crippen LogP contribution in [-0.2, 0) is 20.7 Å². The van der Waals surface area contributed by atoms with Crippen LogP contribution in [0.4, 0.5) is 13.2 Å². The minimum absolute atomic E-state index is 0.114. The first-order chi connectivity index (χ1) is 13.9. The molecule has 0 aliphatic carbocycles. The summed E-state index contributed by atoms with van der Waals surface area (Å²) in [6, 6.07) is 7.32. The van der Waals surface area contributed by atoms with Gasteiger partial charge in [0, 0.05) is 22.0 Å². The van der Waals surface area contributed by atoms with E-state index in [2.05, 4.69) is 5.16 Å². The minimum Gasteiger partial charge on any atom is -0.423 e. The normalized spacial score (nSPS) is 22.7. The molecule has 2 heterocycles. The van der Waals surface area contributed by atoms with Gasteiger partial charge in [-0.25, -0.2) is 0 Å². The van der Waals surface area contributed by atoms with E-state index in [9.17, 15) is 18.2 Å². The van der Waals surface area contributed by atoms with Gasteiger partial charge in [0.2, 0.25) is 0 Å². The van der Waals surface area contributed by atoms with Crippen LogP contribution < -0.4 is 5.46 Å². The van der Waals surface area contributed by atoms with E-state index >= 15 is 0 Å². The standard InChI is InChI=1S/C20H17BCl2F3NO3/c1-10-15(22)7-12(8-16(10)23)19(20(24,25)26)9-17(27-30-19)11-4-5-14-13(6-11)18(2,3)29-21(14)28/h4-8,28H,9H2,1-3H3. The van der Waals surface area contributed by atoms with Crippen LogP contribution in [0.15, 0.2) is 35.5 Å². The molecule has 158 valence electrons. The molecule has 0 radical (unpaired) electrons. The summed E-state index contributed by atoms with van der Waals surface area (Å²) in [4.78, 5) is 5.07. The van der Waals surface area contributed by atoms with Crippen LogP contribution in [0, 0.1) is 6.92 Å². The molecule has 0 bridgehead atoms. The van der Waals surface area contributed by atoms with Crippen LogP contribution in [-0.4, -0.2) is 24.0 Å². The molecule has 1 unspecified atom stereocenters. The van der Waals surface area contributed by atoms with Gasteiger partial charge in [-0.05, 0) is 61.1 Å². The first-order valence-corrected chi connectivity index (χ1v) is 9.90. The fraction of sp³-hybridized carbons (Fsp3) is 0.350. The molecule has 2 aliphatic rings. The predicted molar refractivity (Wildman–Crippen MR) is 109 cm³/mol. The topological polar surface area (TPSA) is 51.0 Å². The lowest BCUT2D eigenvalue weighted by Gasteiger charge is -2.30. The van der Waals surface area contributed by atoms with Crippen molar-refractivity contribution in [3.8, 4) is 0 Å². The summed E-state index contributed by atoms with van der Waals surface area (Å²) < 4.78 is 48.1. The Labute approximate surface area is 181 Å². The van der Waals surface area contributed by atoms with Crippen LogP contribution in [0.5, 0.6) is 0 Å². The van der Waals surface area contributed by atoms with Gasteiger partial charge in [0.05, 0.1) is 11.3 Å². The van der Waals surface area contributed by atoms with Crippen molar-refractivity contribution in [3.63, 3.8) is 0 Å². The van der Waals surface area contributed by atoms with Crippen molar-refractivity contribution >= 4 is 41.5 Å². The Balaban J connectivity index is 1.76. The fourth-order valence-electron chi connectivity index (χ4n) is 3.82. The van der Waals surface area contributed by atoms with Gasteiger partial charge < -0.3 is 14.5 Å². The lowest BCUT2D eigenvalue weighted by atomic mass is 9.77. The molecule has 4 rings (SSSR count). The highest BCUT2D eigenvalue weighted by molar-refractivity contribution is 6.62. The number of hydrogen-bond acceptors (Lipinski definition) is 4. The lowest BCUT2D eigenvalue weighted by Crippen LogP contribution is -2.42. The van der Waals surface area contributed by atoms with Gasteiger partial charge in [0.25, 0.3) is 5.60 Å². The van der Waals surface area contributed by atoms with Crippen molar-refractivity contribution in [1.29, 1.82) is 0 Å². The van der Waals surface area contributed by atoms with E-state index in [1.54, 1.807) is 39.0 Å². The van der Waals surface area contributed by atoms with Crippen molar-refractivity contribution in [2.75, 3.05) is 0 Å². The van der Waals surface area contributed by atoms with Crippen molar-refractivity contribution < 1.29 is 27.7 Å². The van der Waals surface area contributed by atoms with Crippen molar-refractivity contribution in [2.45, 2.75) is 44.6 Å². The third-order valence-electron chi connectivity index (χ3n) is 5.64. The second-order valence-electron chi connectivity index (χ2n) is 7.98. The minimum atomic E-state index is -4.77. The van der Waals surface area contributed by atoms with Crippen LogP contribution in [0.25, 0.3) is 0 Å². The summed E-state index contributed by atoms with van der Waals surface area (Å²) >= 11 is 12.2. The zero-order chi connectivity index (χ0) is 22.1. The summed E-state index contributed by atoms with van der Waals surface area (Å²) in [5.41, 5.74) is -1.39. The number of fused-ring (bicyclic) bond motifs is 1. The van der Waals surface area contributed by atoms with Crippen molar-refractivity contribution in [1.82, 2.24) is 0 Å². The average Bonchev–Trinajstić information content (AvgIpc) is 3.20. The number of alkyl halides is 3. The smallest absolute Gasteiger partial charge is 0.423 e. The summed E-state index contributed by atoms with van der Waals surface area (Å²) in [5.74, 6) is 0. The van der Waals surface area contributed by atoms with Gasteiger partial charge in [-0.2, -0.15) is 13.2 Å². The maximum absolute atomic E-state index is 14.2. The van der Waals surface area contributed by atoms with Crippen molar-refractivity contribution in [2.24, 2.45) is 5.16 Å². The first-order valence-electron chi connectivity index (χ1n) is 9.14. The third kappa shape index (κ3) is 3.21. The zero-order valence-corrected chi connectivity index (χ0v) is 17.8. The van der Waals surface area contributed by atoms with Gasteiger partial charge in [-0.3, -0.25) is 0 Å². The highest BCUT2D eigenvalue weighted by Gasteiger charge is 2.62. The molecule has 1 N–H and O–H groups in total. The highest BCUT2D eigenvalue weighted by Crippen LogP contribution is 2.50. The Hall–Kier alpha value is -1.74. The van der Waals surface area contributed by atoms with E-state index in [-0.39, 0.29) is 21.3 Å². The molecular formula is C20H17BCl2F3NO3. The Kier molecular flexibility index (Phi) is 4.93. The molecule has 0 fully saturated rings. The van der Waals surface area contributed by atoms with E-state index < -0.39 is 30.9 Å². The molecule has 2 aliphatic heterocycles. The zero-order valence-electron chi connectivity index (χ0n) is 16.3. The molecule has 0 spiro atoms. The number of benzene rings is 2. The van der Waals surface area contributed by atoms with Gasteiger partial charge in [0.15, 0.2) is 0 Å². The average molecular weight is 458 g/mol. The molecule has 0 saturated carbocycles. The Bertz CT molecular complexity index is 1050. The lowest BCUT2D eigenvalue weighted by molar-refractivity contribution is -0.275.